The molecular weight excluding hydrogens is 270 g/mol. The lowest BCUT2D eigenvalue weighted by Crippen LogP contribution is -2.44. The summed E-state index contributed by atoms with van der Waals surface area (Å²) in [6.45, 7) is 1.91. The van der Waals surface area contributed by atoms with E-state index < -0.39 is 0 Å². The van der Waals surface area contributed by atoms with Gasteiger partial charge in [0.05, 0.1) is 12.1 Å². The van der Waals surface area contributed by atoms with Crippen molar-refractivity contribution in [2.24, 2.45) is 10.9 Å². The number of hydrogen-bond donors (Lipinski definition) is 3. The van der Waals surface area contributed by atoms with Crippen LogP contribution in [0.15, 0.2) is 23.4 Å². The molecule has 0 unspecified atom stereocenters. The van der Waals surface area contributed by atoms with Crippen LogP contribution in [0.1, 0.15) is 41.6 Å². The van der Waals surface area contributed by atoms with E-state index in [1.807, 2.05) is 6.92 Å². The fourth-order valence-electron chi connectivity index (χ4n) is 2.77. The molecule has 0 spiro atoms. The average Bonchev–Trinajstić information content (AvgIpc) is 2.97. The third kappa shape index (κ3) is 3.45. The monoisotopic (exact) mass is 291 g/mol. The second kappa shape index (κ2) is 6.47. The minimum Gasteiger partial charge on any atom is -0.507 e. The average molecular weight is 291 g/mol. The third-order valence-corrected chi connectivity index (χ3v) is 3.87. The Morgan fingerprint density at radius 1 is 1.43 bits per heavy atom. The molecule has 0 heterocycles. The van der Waals surface area contributed by atoms with Crippen molar-refractivity contribution in [3.8, 4) is 5.75 Å². The summed E-state index contributed by atoms with van der Waals surface area (Å²) in [6.07, 6.45) is 3.92. The van der Waals surface area contributed by atoms with Crippen LogP contribution in [0, 0.1) is 6.92 Å². The number of hydrogen-bond acceptors (Lipinski definition) is 4. The quantitative estimate of drug-likeness (QED) is 0.341. The van der Waals surface area contributed by atoms with Gasteiger partial charge >= 0.3 is 0 Å². The zero-order valence-corrected chi connectivity index (χ0v) is 12.1. The molecule has 6 nitrogen and oxygen atoms in total. The predicted octanol–water partition coefficient (Wildman–Crippen LogP) is 1.83. The molecule has 0 saturated heterocycles. The molecule has 0 radical (unpaired) electrons. The molecule has 21 heavy (non-hydrogen) atoms. The number of nitrogens with two attached hydrogens (primary N) is 1. The first kappa shape index (κ1) is 15.2. The Balaban J connectivity index is 2.28. The maximum Gasteiger partial charge on any atom is 0.258 e. The van der Waals surface area contributed by atoms with E-state index in [0.717, 1.165) is 31.2 Å². The Hall–Kier alpha value is -2.24. The second-order valence-electron chi connectivity index (χ2n) is 5.48. The molecule has 114 valence electrons. The molecule has 1 aliphatic rings. The van der Waals surface area contributed by atoms with Crippen molar-refractivity contribution in [1.29, 1.82) is 0 Å². The smallest absolute Gasteiger partial charge is 0.258 e. The van der Waals surface area contributed by atoms with Crippen LogP contribution in [0.3, 0.4) is 0 Å². The van der Waals surface area contributed by atoms with Crippen LogP contribution in [-0.2, 0) is 0 Å². The van der Waals surface area contributed by atoms with Crippen molar-refractivity contribution in [2.45, 2.75) is 38.6 Å². The number of carbonyl (C=O) groups excluding carboxylic acids is 1. The van der Waals surface area contributed by atoms with E-state index in [9.17, 15) is 9.90 Å². The number of benzene rings is 1. The van der Waals surface area contributed by atoms with Gasteiger partial charge in [0, 0.05) is 6.04 Å². The van der Waals surface area contributed by atoms with Gasteiger partial charge < -0.3 is 20.9 Å². The van der Waals surface area contributed by atoms with Crippen LogP contribution in [0.25, 0.3) is 0 Å². The number of rotatable bonds is 4. The van der Waals surface area contributed by atoms with Crippen LogP contribution in [-0.4, -0.2) is 39.5 Å². The molecule has 2 rings (SSSR count). The molecule has 1 saturated carbocycles. The van der Waals surface area contributed by atoms with Gasteiger partial charge in [0.1, 0.15) is 5.75 Å². The molecule has 0 aliphatic heterocycles. The van der Waals surface area contributed by atoms with E-state index in [1.165, 1.54) is 0 Å². The van der Waals surface area contributed by atoms with Gasteiger partial charge in [-0.2, -0.15) is 0 Å². The number of phenolic OH excluding ortho intramolecular Hbond substituents is 1. The van der Waals surface area contributed by atoms with Gasteiger partial charge in [0.25, 0.3) is 5.91 Å². The van der Waals surface area contributed by atoms with Gasteiger partial charge in [-0.3, -0.25) is 4.79 Å². The predicted molar refractivity (Wildman–Crippen MR) is 79.5 cm³/mol. The SMILES string of the molecule is Cc1ccc(C(=O)N(CC(N)=NO)C2CCCC2)c(O)c1. The molecule has 4 N–H and O–H groups in total. The molecule has 0 aromatic heterocycles. The normalized spacial score (nSPS) is 16.1. The van der Waals surface area contributed by atoms with Crippen molar-refractivity contribution < 1.29 is 15.1 Å². The first-order valence-corrected chi connectivity index (χ1v) is 7.10. The molecule has 1 amide bonds. The highest BCUT2D eigenvalue weighted by molar-refractivity contribution is 5.99. The van der Waals surface area contributed by atoms with Gasteiger partial charge in [-0.05, 0) is 37.5 Å². The lowest BCUT2D eigenvalue weighted by molar-refractivity contribution is 0.0709. The van der Waals surface area contributed by atoms with Crippen molar-refractivity contribution >= 4 is 11.7 Å². The fraction of sp³-hybridized carbons (Fsp3) is 0.467. The first-order chi connectivity index (χ1) is 10.0. The van der Waals surface area contributed by atoms with Crippen molar-refractivity contribution in [1.82, 2.24) is 4.90 Å². The Morgan fingerprint density at radius 3 is 2.67 bits per heavy atom. The Kier molecular flexibility index (Phi) is 4.67. The van der Waals surface area contributed by atoms with Crippen LogP contribution >= 0.6 is 0 Å². The van der Waals surface area contributed by atoms with Crippen molar-refractivity contribution in [3.63, 3.8) is 0 Å². The molecular formula is C15H21N3O3. The summed E-state index contributed by atoms with van der Waals surface area (Å²) in [4.78, 5) is 14.3. The number of nitrogens with zero attached hydrogens (tertiary/aromatic N) is 2. The maximum absolute atomic E-state index is 12.7. The van der Waals surface area contributed by atoms with E-state index in [1.54, 1.807) is 23.1 Å². The molecule has 0 atom stereocenters. The number of carbonyl (C=O) groups is 1. The number of oxime groups is 1. The topological polar surface area (TPSA) is 99.2 Å². The van der Waals surface area contributed by atoms with Crippen LogP contribution < -0.4 is 5.73 Å². The summed E-state index contributed by atoms with van der Waals surface area (Å²) in [7, 11) is 0. The Labute approximate surface area is 123 Å². The summed E-state index contributed by atoms with van der Waals surface area (Å²) < 4.78 is 0. The molecule has 1 aromatic rings. The van der Waals surface area contributed by atoms with E-state index in [4.69, 9.17) is 10.9 Å². The summed E-state index contributed by atoms with van der Waals surface area (Å²) >= 11 is 0. The molecule has 1 fully saturated rings. The van der Waals surface area contributed by atoms with Gasteiger partial charge in [-0.15, -0.1) is 0 Å². The van der Waals surface area contributed by atoms with Gasteiger partial charge in [0.15, 0.2) is 5.84 Å². The highest BCUT2D eigenvalue weighted by Gasteiger charge is 2.29. The second-order valence-corrected chi connectivity index (χ2v) is 5.48. The van der Waals surface area contributed by atoms with Crippen LogP contribution in [0.4, 0.5) is 0 Å². The number of phenols is 1. The number of aromatic hydroxyl groups is 1. The Morgan fingerprint density at radius 2 is 2.10 bits per heavy atom. The van der Waals surface area contributed by atoms with E-state index >= 15 is 0 Å². The molecule has 1 aromatic carbocycles. The summed E-state index contributed by atoms with van der Waals surface area (Å²) in [5.74, 6) is -0.338. The highest BCUT2D eigenvalue weighted by atomic mass is 16.4. The lowest BCUT2D eigenvalue weighted by Gasteiger charge is -2.28. The van der Waals surface area contributed by atoms with Crippen LogP contribution in [0.5, 0.6) is 5.75 Å². The number of amidine groups is 1. The van der Waals surface area contributed by atoms with Gasteiger partial charge in [-0.1, -0.05) is 24.1 Å². The Bertz CT molecular complexity index is 551. The van der Waals surface area contributed by atoms with Crippen LogP contribution in [0.2, 0.25) is 0 Å². The molecule has 1 aliphatic carbocycles. The summed E-state index contributed by atoms with van der Waals surface area (Å²) in [6, 6.07) is 5.02. The van der Waals surface area contributed by atoms with E-state index in [0.29, 0.717) is 0 Å². The number of aryl methyl sites for hydroxylation is 1. The third-order valence-electron chi connectivity index (χ3n) is 3.87. The van der Waals surface area contributed by atoms with Crippen molar-refractivity contribution in [3.05, 3.63) is 29.3 Å². The summed E-state index contributed by atoms with van der Waals surface area (Å²) in [5, 5.41) is 21.7. The highest BCUT2D eigenvalue weighted by Crippen LogP contribution is 2.27. The van der Waals surface area contributed by atoms with Gasteiger partial charge in [0.2, 0.25) is 0 Å². The minimum absolute atomic E-state index is 0.0122. The first-order valence-electron chi connectivity index (χ1n) is 7.10. The van der Waals surface area contributed by atoms with E-state index in [-0.39, 0.29) is 35.6 Å². The molecule has 6 heteroatoms. The lowest BCUT2D eigenvalue weighted by atomic mass is 10.1. The van der Waals surface area contributed by atoms with Gasteiger partial charge in [-0.25, -0.2) is 0 Å². The van der Waals surface area contributed by atoms with E-state index in [2.05, 4.69) is 5.16 Å². The zero-order valence-electron chi connectivity index (χ0n) is 12.1. The standard InChI is InChI=1S/C15H21N3O3/c1-10-6-7-12(13(19)8-10)15(20)18(9-14(16)17-21)11-4-2-3-5-11/h6-8,11,19,21H,2-5,9H2,1H3,(H2,16,17). The van der Waals surface area contributed by atoms with Crippen molar-refractivity contribution in [2.75, 3.05) is 6.54 Å². The maximum atomic E-state index is 12.7. The zero-order chi connectivity index (χ0) is 15.4. The number of amides is 1. The molecule has 0 bridgehead atoms. The largest absolute Gasteiger partial charge is 0.507 e. The fourth-order valence-corrected chi connectivity index (χ4v) is 2.77. The minimum atomic E-state index is -0.286. The summed E-state index contributed by atoms with van der Waals surface area (Å²) in [5.41, 5.74) is 6.69.